The number of aromatic amines is 1. The monoisotopic (exact) mass is 520 g/mol. The zero-order valence-corrected chi connectivity index (χ0v) is 18.9. The second-order valence-electron chi connectivity index (χ2n) is 6.29. The van der Waals surface area contributed by atoms with E-state index in [0.717, 1.165) is 11.8 Å². The molecule has 0 saturated carbocycles. The van der Waals surface area contributed by atoms with Crippen molar-refractivity contribution >= 4 is 68.3 Å². The number of H-pyrrole nitrogens is 1. The molecule has 32 heavy (non-hydrogen) atoms. The highest BCUT2D eigenvalue weighted by Gasteiger charge is 2.17. The highest BCUT2D eigenvalue weighted by atomic mass is 79.9. The van der Waals surface area contributed by atoms with E-state index in [1.54, 1.807) is 24.3 Å². The first kappa shape index (κ1) is 23.1. The van der Waals surface area contributed by atoms with Crippen LogP contribution in [0, 0.1) is 0 Å². The summed E-state index contributed by atoms with van der Waals surface area (Å²) < 4.78 is 5.48. The van der Waals surface area contributed by atoms with Gasteiger partial charge in [0, 0.05) is 18.3 Å². The van der Waals surface area contributed by atoms with Gasteiger partial charge in [0.2, 0.25) is 11.8 Å². The van der Waals surface area contributed by atoms with E-state index < -0.39 is 11.5 Å². The number of halogens is 1. The van der Waals surface area contributed by atoms with Gasteiger partial charge in [-0.05, 0) is 46.3 Å². The van der Waals surface area contributed by atoms with Crippen LogP contribution in [0.5, 0.6) is 0 Å². The van der Waals surface area contributed by atoms with Gasteiger partial charge in [-0.2, -0.15) is 0 Å². The molecule has 2 heterocycles. The highest BCUT2D eigenvalue weighted by Crippen LogP contribution is 2.20. The average molecular weight is 521 g/mol. The number of furan rings is 1. The first-order chi connectivity index (χ1) is 15.2. The molecule has 13 heteroatoms. The van der Waals surface area contributed by atoms with Crippen LogP contribution < -0.4 is 27.2 Å². The minimum atomic E-state index is -0.678. The molecule has 11 nitrogen and oxygen atoms in total. The summed E-state index contributed by atoms with van der Waals surface area (Å²) in [7, 11) is 0. The van der Waals surface area contributed by atoms with Gasteiger partial charge in [-0.15, -0.1) is 0 Å². The predicted molar refractivity (Wildman–Crippen MR) is 124 cm³/mol. The fraction of sp³-hybridized carbons (Fsp3) is 0.105. The molecule has 0 radical (unpaired) electrons. The molecular formula is C19H17BrN6O5S. The van der Waals surface area contributed by atoms with E-state index in [1.807, 2.05) is 0 Å². The number of nitrogens with two attached hydrogens (primary N) is 1. The van der Waals surface area contributed by atoms with Gasteiger partial charge < -0.3 is 26.1 Å². The molecule has 0 fully saturated rings. The Balaban J connectivity index is 1.61. The molecule has 0 unspecified atom stereocenters. The summed E-state index contributed by atoms with van der Waals surface area (Å²) >= 11 is 4.04. The van der Waals surface area contributed by atoms with Crippen LogP contribution in [0.4, 0.5) is 22.9 Å². The molecule has 0 aliphatic carbocycles. The Bertz CT molecular complexity index is 1240. The molecule has 0 aliphatic rings. The highest BCUT2D eigenvalue weighted by molar-refractivity contribution is 9.10. The third kappa shape index (κ3) is 6.21. The summed E-state index contributed by atoms with van der Waals surface area (Å²) in [6.07, 6.45) is 0. The van der Waals surface area contributed by atoms with Gasteiger partial charge in [-0.25, -0.2) is 4.98 Å². The van der Waals surface area contributed by atoms with Crippen LogP contribution in [0.15, 0.2) is 55.4 Å². The van der Waals surface area contributed by atoms with Crippen LogP contribution in [0.2, 0.25) is 0 Å². The van der Waals surface area contributed by atoms with E-state index >= 15 is 0 Å². The average Bonchev–Trinajstić information content (AvgIpc) is 3.15. The van der Waals surface area contributed by atoms with E-state index in [2.05, 4.69) is 41.8 Å². The number of anilines is 4. The standard InChI is InChI=1S/C19H17BrN6O5S/c1-9(27)22-10-3-2-4-11(7-10)23-14(28)8-32-19-25-16(21)15(18(30)26-19)24-17(29)12-5-6-13(20)31-12/h2-7H,8H2,1H3,(H,22,27)(H,23,28)(H,24,29)(H3,21,25,26,30). The lowest BCUT2D eigenvalue weighted by Gasteiger charge is -2.09. The molecule has 1 aromatic carbocycles. The van der Waals surface area contributed by atoms with Crippen molar-refractivity contribution in [3.63, 3.8) is 0 Å². The van der Waals surface area contributed by atoms with Crippen LogP contribution in [0.3, 0.4) is 0 Å². The smallest absolute Gasteiger partial charge is 0.291 e. The Morgan fingerprint density at radius 2 is 1.88 bits per heavy atom. The first-order valence-corrected chi connectivity index (χ1v) is 10.8. The van der Waals surface area contributed by atoms with Crippen LogP contribution in [-0.2, 0) is 9.59 Å². The lowest BCUT2D eigenvalue weighted by molar-refractivity contribution is -0.114. The lowest BCUT2D eigenvalue weighted by atomic mass is 10.2. The predicted octanol–water partition coefficient (Wildman–Crippen LogP) is 2.65. The zero-order valence-electron chi connectivity index (χ0n) is 16.5. The first-order valence-electron chi connectivity index (χ1n) is 8.98. The summed E-state index contributed by atoms with van der Waals surface area (Å²) in [4.78, 5) is 54.3. The van der Waals surface area contributed by atoms with Gasteiger partial charge >= 0.3 is 0 Å². The van der Waals surface area contributed by atoms with E-state index in [1.165, 1.54) is 19.1 Å². The second-order valence-corrected chi connectivity index (χ2v) is 8.03. The number of carbonyl (C=O) groups is 3. The number of hydrogen-bond donors (Lipinski definition) is 5. The number of benzene rings is 1. The van der Waals surface area contributed by atoms with E-state index in [9.17, 15) is 19.2 Å². The summed E-state index contributed by atoms with van der Waals surface area (Å²) in [5.74, 6) is -1.56. The molecule has 0 atom stereocenters. The van der Waals surface area contributed by atoms with E-state index in [0.29, 0.717) is 16.0 Å². The Morgan fingerprint density at radius 1 is 1.16 bits per heavy atom. The molecule has 2 aromatic heterocycles. The van der Waals surface area contributed by atoms with Crippen molar-refractivity contribution in [2.24, 2.45) is 0 Å². The molecule has 0 aliphatic heterocycles. The maximum Gasteiger partial charge on any atom is 0.291 e. The Morgan fingerprint density at radius 3 is 2.50 bits per heavy atom. The van der Waals surface area contributed by atoms with Crippen LogP contribution in [0.25, 0.3) is 0 Å². The SMILES string of the molecule is CC(=O)Nc1cccc(NC(=O)CSc2nc(N)c(NC(=O)c3ccc(Br)o3)c(=O)[nH]2)c1. The van der Waals surface area contributed by atoms with Crippen molar-refractivity contribution < 1.29 is 18.8 Å². The van der Waals surface area contributed by atoms with Crippen LogP contribution >= 0.6 is 27.7 Å². The number of nitrogen functional groups attached to an aromatic ring is 1. The normalized spacial score (nSPS) is 10.4. The third-order valence-electron chi connectivity index (χ3n) is 3.77. The maximum atomic E-state index is 12.3. The molecule has 166 valence electrons. The molecule has 3 rings (SSSR count). The topological polar surface area (TPSA) is 172 Å². The quantitative estimate of drug-likeness (QED) is 0.233. The van der Waals surface area contributed by atoms with Gasteiger partial charge in [0.15, 0.2) is 27.1 Å². The number of thioether (sulfide) groups is 1. The van der Waals surface area contributed by atoms with Gasteiger partial charge in [0.05, 0.1) is 5.75 Å². The van der Waals surface area contributed by atoms with Gasteiger partial charge in [-0.1, -0.05) is 17.8 Å². The number of aromatic nitrogens is 2. The van der Waals surface area contributed by atoms with Gasteiger partial charge in [0.25, 0.3) is 11.5 Å². The number of nitrogens with one attached hydrogen (secondary N) is 4. The molecule has 3 amide bonds. The minimum absolute atomic E-state index is 0.0200. The molecule has 0 saturated heterocycles. The summed E-state index contributed by atoms with van der Waals surface area (Å²) in [6.45, 7) is 1.38. The van der Waals surface area contributed by atoms with Crippen molar-refractivity contribution in [1.82, 2.24) is 9.97 Å². The van der Waals surface area contributed by atoms with Crippen molar-refractivity contribution in [2.45, 2.75) is 12.1 Å². The molecule has 3 aromatic rings. The van der Waals surface area contributed by atoms with Crippen molar-refractivity contribution in [2.75, 3.05) is 27.4 Å². The molecule has 0 spiro atoms. The fourth-order valence-electron chi connectivity index (χ4n) is 2.48. The molecular weight excluding hydrogens is 504 g/mol. The van der Waals surface area contributed by atoms with E-state index in [4.69, 9.17) is 10.2 Å². The maximum absolute atomic E-state index is 12.3. The number of nitrogens with zero attached hydrogens (tertiary/aromatic N) is 1. The molecule has 0 bridgehead atoms. The fourth-order valence-corrected chi connectivity index (χ4v) is 3.45. The number of hydrogen-bond acceptors (Lipinski definition) is 8. The van der Waals surface area contributed by atoms with Crippen LogP contribution in [0.1, 0.15) is 17.5 Å². The summed E-state index contributed by atoms with van der Waals surface area (Å²) in [6, 6.07) is 9.60. The Hall–Kier alpha value is -3.58. The minimum Gasteiger partial charge on any atom is -0.444 e. The number of rotatable bonds is 7. The van der Waals surface area contributed by atoms with Crippen LogP contribution in [-0.4, -0.2) is 33.4 Å². The lowest BCUT2D eigenvalue weighted by Crippen LogP contribution is -2.23. The summed E-state index contributed by atoms with van der Waals surface area (Å²) in [5.41, 5.74) is 5.93. The van der Waals surface area contributed by atoms with E-state index in [-0.39, 0.29) is 40.0 Å². The number of carbonyl (C=O) groups excluding carboxylic acids is 3. The van der Waals surface area contributed by atoms with Gasteiger partial charge in [-0.3, -0.25) is 24.2 Å². The Kier molecular flexibility index (Phi) is 7.33. The second kappa shape index (κ2) is 10.2. The number of amides is 3. The van der Waals surface area contributed by atoms with Gasteiger partial charge in [0.1, 0.15) is 0 Å². The molecule has 6 N–H and O–H groups in total. The largest absolute Gasteiger partial charge is 0.444 e. The summed E-state index contributed by atoms with van der Waals surface area (Å²) in [5, 5.41) is 7.75. The Labute approximate surface area is 193 Å². The third-order valence-corrected chi connectivity index (χ3v) is 5.07. The van der Waals surface area contributed by atoms with Crippen molar-refractivity contribution in [3.8, 4) is 0 Å². The van der Waals surface area contributed by atoms with Crippen molar-refractivity contribution in [3.05, 3.63) is 57.2 Å². The van der Waals surface area contributed by atoms with Crippen molar-refractivity contribution in [1.29, 1.82) is 0 Å². The zero-order chi connectivity index (χ0) is 23.3.